The molecule has 0 spiro atoms. The predicted octanol–water partition coefficient (Wildman–Crippen LogP) is 3.83. The van der Waals surface area contributed by atoms with E-state index < -0.39 is 6.04 Å². The number of amides is 4. The van der Waals surface area contributed by atoms with Crippen LogP contribution >= 0.6 is 0 Å². The zero-order valence-electron chi connectivity index (χ0n) is 21.4. The van der Waals surface area contributed by atoms with Crippen molar-refractivity contribution in [3.63, 3.8) is 0 Å². The molecule has 0 bridgehead atoms. The summed E-state index contributed by atoms with van der Waals surface area (Å²) in [7, 11) is 0. The quantitative estimate of drug-likeness (QED) is 0.356. The number of rotatable bonds is 8. The summed E-state index contributed by atoms with van der Waals surface area (Å²) in [4.78, 5) is 39.3. The number of piperidine rings is 1. The number of carbonyl (C=O) groups is 3. The van der Waals surface area contributed by atoms with Crippen LogP contribution in [0.3, 0.4) is 0 Å². The second kappa shape index (κ2) is 11.4. The van der Waals surface area contributed by atoms with Gasteiger partial charge in [-0.05, 0) is 65.4 Å². The van der Waals surface area contributed by atoms with Gasteiger partial charge in [0.05, 0.1) is 6.61 Å². The Hall–Kier alpha value is -4.63. The summed E-state index contributed by atoms with van der Waals surface area (Å²) in [5, 5.41) is 17.5. The third kappa shape index (κ3) is 6.10. The van der Waals surface area contributed by atoms with Gasteiger partial charge in [0.15, 0.2) is 0 Å². The van der Waals surface area contributed by atoms with E-state index in [1.54, 1.807) is 35.2 Å². The summed E-state index contributed by atoms with van der Waals surface area (Å²) < 4.78 is 5.79. The first kappa shape index (κ1) is 26.0. The summed E-state index contributed by atoms with van der Waals surface area (Å²) in [6, 6.07) is 19.2. The molecule has 3 aromatic carbocycles. The average molecular weight is 527 g/mol. The maximum Gasteiger partial charge on any atom is 0.319 e. The second-order valence-corrected chi connectivity index (χ2v) is 9.67. The Labute approximate surface area is 226 Å². The van der Waals surface area contributed by atoms with E-state index >= 15 is 0 Å². The van der Waals surface area contributed by atoms with E-state index in [0.29, 0.717) is 48.7 Å². The fourth-order valence-corrected chi connectivity index (χ4v) is 4.72. The van der Waals surface area contributed by atoms with Crippen molar-refractivity contribution in [2.75, 3.05) is 5.32 Å². The molecule has 2 aliphatic rings. The molecule has 4 amide bonds. The topological polar surface area (TPSA) is 120 Å². The SMILES string of the molecule is C=C1CCC(N2Cc3cc(CNC(=O)Nc4ccc(OCc5ccc(CO)cc5)cc4)ccc3C2=O)C(=O)N1. The standard InChI is InChI=1S/C30H30N4O5/c1-19-2-13-27(28(36)32-19)34-16-23-14-22(7-12-26(23)29(34)37)15-31-30(38)33-24-8-10-25(11-9-24)39-18-21-5-3-20(17-35)4-6-21/h3-12,14,27,35H,1-2,13,15-18H2,(H,32,36)(H2,31,33,38). The van der Waals surface area contributed by atoms with Crippen LogP contribution in [0.5, 0.6) is 5.75 Å². The Morgan fingerprint density at radius 2 is 1.74 bits per heavy atom. The van der Waals surface area contributed by atoms with Crippen LogP contribution in [0.2, 0.25) is 0 Å². The number of aliphatic hydroxyl groups is 1. The highest BCUT2D eigenvalue weighted by Crippen LogP contribution is 2.29. The molecule has 1 unspecified atom stereocenters. The minimum atomic E-state index is -0.502. The van der Waals surface area contributed by atoms with E-state index in [0.717, 1.165) is 22.3 Å². The highest BCUT2D eigenvalue weighted by Gasteiger charge is 2.38. The summed E-state index contributed by atoms with van der Waals surface area (Å²) in [6.07, 6.45) is 1.21. The third-order valence-electron chi connectivity index (χ3n) is 6.88. The van der Waals surface area contributed by atoms with Crippen molar-refractivity contribution in [1.82, 2.24) is 15.5 Å². The number of nitrogens with one attached hydrogen (secondary N) is 3. The molecule has 39 heavy (non-hydrogen) atoms. The maximum absolute atomic E-state index is 12.9. The van der Waals surface area contributed by atoms with Gasteiger partial charge in [0.2, 0.25) is 5.91 Å². The van der Waals surface area contributed by atoms with Gasteiger partial charge in [-0.2, -0.15) is 0 Å². The molecule has 5 rings (SSSR count). The monoisotopic (exact) mass is 526 g/mol. The highest BCUT2D eigenvalue weighted by atomic mass is 16.5. The molecule has 9 nitrogen and oxygen atoms in total. The van der Waals surface area contributed by atoms with Gasteiger partial charge in [-0.3, -0.25) is 9.59 Å². The van der Waals surface area contributed by atoms with E-state index in [1.165, 1.54) is 0 Å². The lowest BCUT2D eigenvalue weighted by Crippen LogP contribution is -2.49. The molecule has 0 aliphatic carbocycles. The summed E-state index contributed by atoms with van der Waals surface area (Å²) in [5.74, 6) is 0.325. The fraction of sp³-hybridized carbons (Fsp3) is 0.233. The third-order valence-corrected chi connectivity index (χ3v) is 6.88. The molecule has 200 valence electrons. The molecule has 1 atom stereocenters. The number of benzene rings is 3. The van der Waals surface area contributed by atoms with E-state index in [2.05, 4.69) is 22.5 Å². The van der Waals surface area contributed by atoms with Crippen LogP contribution < -0.4 is 20.7 Å². The molecule has 3 aromatic rings. The van der Waals surface area contributed by atoms with Crippen LogP contribution in [0.15, 0.2) is 79.0 Å². The van der Waals surface area contributed by atoms with E-state index in [9.17, 15) is 14.4 Å². The number of urea groups is 1. The lowest BCUT2D eigenvalue weighted by Gasteiger charge is -2.30. The number of hydrogen-bond acceptors (Lipinski definition) is 5. The normalized spacial score (nSPS) is 16.5. The van der Waals surface area contributed by atoms with Gasteiger partial charge in [0, 0.05) is 30.0 Å². The molecule has 1 fully saturated rings. The van der Waals surface area contributed by atoms with Crippen LogP contribution in [0.4, 0.5) is 10.5 Å². The fourth-order valence-electron chi connectivity index (χ4n) is 4.72. The van der Waals surface area contributed by atoms with Gasteiger partial charge < -0.3 is 30.7 Å². The van der Waals surface area contributed by atoms with Crippen LogP contribution in [0, 0.1) is 0 Å². The summed E-state index contributed by atoms with van der Waals surface area (Å²) in [5.41, 5.74) is 5.43. The van der Waals surface area contributed by atoms with E-state index in [-0.39, 0.29) is 31.0 Å². The van der Waals surface area contributed by atoms with Crippen molar-refractivity contribution in [3.8, 4) is 5.75 Å². The van der Waals surface area contributed by atoms with Crippen molar-refractivity contribution < 1.29 is 24.2 Å². The van der Waals surface area contributed by atoms with Crippen LogP contribution in [-0.4, -0.2) is 33.9 Å². The molecule has 4 N–H and O–H groups in total. The molecule has 2 heterocycles. The molecular formula is C30H30N4O5. The molecule has 0 radical (unpaired) electrons. The largest absolute Gasteiger partial charge is 0.489 e. The van der Waals surface area contributed by atoms with Crippen molar-refractivity contribution in [2.45, 2.75) is 45.2 Å². The van der Waals surface area contributed by atoms with Gasteiger partial charge in [0.25, 0.3) is 5.91 Å². The molecule has 0 aromatic heterocycles. The van der Waals surface area contributed by atoms with Gasteiger partial charge >= 0.3 is 6.03 Å². The van der Waals surface area contributed by atoms with Gasteiger partial charge in [-0.15, -0.1) is 0 Å². The minimum absolute atomic E-state index is 0.00911. The number of aliphatic hydroxyl groups excluding tert-OH is 1. The van der Waals surface area contributed by atoms with Crippen molar-refractivity contribution >= 4 is 23.5 Å². The first-order valence-corrected chi connectivity index (χ1v) is 12.8. The number of ether oxygens (including phenoxy) is 1. The summed E-state index contributed by atoms with van der Waals surface area (Å²) in [6.45, 7) is 4.85. The number of carbonyl (C=O) groups excluding carboxylic acids is 3. The number of anilines is 1. The van der Waals surface area contributed by atoms with Crippen molar-refractivity contribution in [1.29, 1.82) is 0 Å². The Balaban J connectivity index is 1.10. The Kier molecular flexibility index (Phi) is 7.60. The zero-order valence-corrected chi connectivity index (χ0v) is 21.4. The Morgan fingerprint density at radius 1 is 1.03 bits per heavy atom. The number of fused-ring (bicyclic) bond motifs is 1. The molecule has 1 saturated heterocycles. The lowest BCUT2D eigenvalue weighted by atomic mass is 10.0. The second-order valence-electron chi connectivity index (χ2n) is 9.67. The predicted molar refractivity (Wildman–Crippen MR) is 146 cm³/mol. The van der Waals surface area contributed by atoms with Gasteiger partial charge in [0.1, 0.15) is 18.4 Å². The van der Waals surface area contributed by atoms with Gasteiger partial charge in [-0.1, -0.05) is 43.0 Å². The minimum Gasteiger partial charge on any atom is -0.489 e. The summed E-state index contributed by atoms with van der Waals surface area (Å²) >= 11 is 0. The number of allylic oxidation sites excluding steroid dienone is 1. The average Bonchev–Trinajstić information content (AvgIpc) is 3.27. The molecule has 0 saturated carbocycles. The zero-order chi connectivity index (χ0) is 27.4. The van der Waals surface area contributed by atoms with E-state index in [4.69, 9.17) is 9.84 Å². The van der Waals surface area contributed by atoms with E-state index in [1.807, 2.05) is 36.4 Å². The number of hydrogen-bond donors (Lipinski definition) is 4. The van der Waals surface area contributed by atoms with Crippen molar-refractivity contribution in [2.24, 2.45) is 0 Å². The van der Waals surface area contributed by atoms with Crippen molar-refractivity contribution in [3.05, 3.63) is 107 Å². The van der Waals surface area contributed by atoms with Crippen LogP contribution in [-0.2, 0) is 31.1 Å². The molecular weight excluding hydrogens is 496 g/mol. The highest BCUT2D eigenvalue weighted by molar-refractivity contribution is 6.01. The first-order chi connectivity index (χ1) is 18.9. The van der Waals surface area contributed by atoms with Crippen LogP contribution in [0.1, 0.15) is 45.5 Å². The molecule has 9 heteroatoms. The van der Waals surface area contributed by atoms with Gasteiger partial charge in [-0.25, -0.2) is 4.79 Å². The smallest absolute Gasteiger partial charge is 0.319 e. The maximum atomic E-state index is 12.9. The Bertz CT molecular complexity index is 1400. The molecule has 2 aliphatic heterocycles. The van der Waals surface area contributed by atoms with Crippen LogP contribution in [0.25, 0.3) is 0 Å². The lowest BCUT2D eigenvalue weighted by molar-refractivity contribution is -0.126. The first-order valence-electron chi connectivity index (χ1n) is 12.8. The number of nitrogens with zero attached hydrogens (tertiary/aromatic N) is 1. The Morgan fingerprint density at radius 3 is 2.46 bits per heavy atom.